The first-order valence-electron chi connectivity index (χ1n) is 9.71. The second-order valence-corrected chi connectivity index (χ2v) is 6.90. The molecule has 6 nitrogen and oxygen atoms in total. The Labute approximate surface area is 175 Å². The van der Waals surface area contributed by atoms with Gasteiger partial charge in [-0.25, -0.2) is 0 Å². The molecule has 0 radical (unpaired) electrons. The van der Waals surface area contributed by atoms with E-state index >= 15 is 0 Å². The summed E-state index contributed by atoms with van der Waals surface area (Å²) in [6.07, 6.45) is -0.757. The van der Waals surface area contributed by atoms with E-state index in [9.17, 15) is 9.59 Å². The standard InChI is InChI=1S/C24H22N2O4/c1-25-23(27)22-15-26(20-9-5-6-10-21(20)30-22)24(28)18-13-11-17(12-14-18)16-29-19-7-3-2-4-8-19/h2-14,22H,15-16H2,1H3,(H,25,27). The molecule has 0 saturated heterocycles. The molecule has 2 amide bonds. The summed E-state index contributed by atoms with van der Waals surface area (Å²) in [4.78, 5) is 26.9. The van der Waals surface area contributed by atoms with Crippen LogP contribution < -0.4 is 19.7 Å². The molecule has 4 rings (SSSR count). The number of hydrogen-bond donors (Lipinski definition) is 1. The van der Waals surface area contributed by atoms with Crippen LogP contribution in [0, 0.1) is 0 Å². The molecule has 1 aliphatic rings. The van der Waals surface area contributed by atoms with Crippen molar-refractivity contribution in [3.63, 3.8) is 0 Å². The molecule has 1 atom stereocenters. The zero-order valence-electron chi connectivity index (χ0n) is 16.6. The van der Waals surface area contributed by atoms with E-state index in [1.807, 2.05) is 60.7 Å². The van der Waals surface area contributed by atoms with Crippen molar-refractivity contribution in [2.24, 2.45) is 0 Å². The van der Waals surface area contributed by atoms with Gasteiger partial charge in [-0.1, -0.05) is 42.5 Å². The molecular formula is C24H22N2O4. The van der Waals surface area contributed by atoms with Crippen molar-refractivity contribution in [1.29, 1.82) is 0 Å². The molecule has 6 heteroatoms. The number of nitrogens with one attached hydrogen (secondary N) is 1. The number of amides is 2. The lowest BCUT2D eigenvalue weighted by atomic mass is 10.1. The first kappa shape index (κ1) is 19.5. The van der Waals surface area contributed by atoms with Crippen molar-refractivity contribution in [3.8, 4) is 11.5 Å². The van der Waals surface area contributed by atoms with Gasteiger partial charge in [-0.2, -0.15) is 0 Å². The number of carbonyl (C=O) groups is 2. The summed E-state index contributed by atoms with van der Waals surface area (Å²) < 4.78 is 11.5. The topological polar surface area (TPSA) is 67.9 Å². The molecule has 3 aromatic carbocycles. The molecule has 0 spiro atoms. The molecule has 0 bridgehead atoms. The van der Waals surface area contributed by atoms with Crippen LogP contribution in [0.4, 0.5) is 5.69 Å². The predicted octanol–water partition coefficient (Wildman–Crippen LogP) is 3.42. The van der Waals surface area contributed by atoms with Gasteiger partial charge < -0.3 is 19.7 Å². The van der Waals surface area contributed by atoms with Gasteiger partial charge in [-0.15, -0.1) is 0 Å². The first-order valence-corrected chi connectivity index (χ1v) is 9.71. The molecule has 0 saturated carbocycles. The van der Waals surface area contributed by atoms with Crippen LogP contribution in [0.15, 0.2) is 78.9 Å². The van der Waals surface area contributed by atoms with Crippen LogP contribution in [0.2, 0.25) is 0 Å². The van der Waals surface area contributed by atoms with Crippen LogP contribution in [0.1, 0.15) is 15.9 Å². The first-order chi connectivity index (χ1) is 14.7. The van der Waals surface area contributed by atoms with Gasteiger partial charge in [0.15, 0.2) is 6.10 Å². The molecule has 1 unspecified atom stereocenters. The largest absolute Gasteiger partial charge is 0.489 e. The molecule has 1 aliphatic heterocycles. The Morgan fingerprint density at radius 2 is 1.70 bits per heavy atom. The third kappa shape index (κ3) is 4.12. The normalized spacial score (nSPS) is 15.0. The molecule has 0 fully saturated rings. The molecule has 30 heavy (non-hydrogen) atoms. The number of nitrogens with zero attached hydrogens (tertiary/aromatic N) is 1. The lowest BCUT2D eigenvalue weighted by Gasteiger charge is -2.34. The fraction of sp³-hybridized carbons (Fsp3) is 0.167. The van der Waals surface area contributed by atoms with E-state index < -0.39 is 6.10 Å². The number of hydrogen-bond acceptors (Lipinski definition) is 4. The lowest BCUT2D eigenvalue weighted by Crippen LogP contribution is -2.50. The highest BCUT2D eigenvalue weighted by atomic mass is 16.5. The summed E-state index contributed by atoms with van der Waals surface area (Å²) in [5.41, 5.74) is 2.14. The Kier molecular flexibility index (Phi) is 5.66. The fourth-order valence-electron chi connectivity index (χ4n) is 3.31. The van der Waals surface area contributed by atoms with Crippen molar-refractivity contribution in [1.82, 2.24) is 5.32 Å². The Morgan fingerprint density at radius 3 is 2.43 bits per heavy atom. The van der Waals surface area contributed by atoms with Crippen molar-refractivity contribution in [2.45, 2.75) is 12.7 Å². The average molecular weight is 402 g/mol. The summed E-state index contributed by atoms with van der Waals surface area (Å²) in [6, 6.07) is 24.1. The molecule has 3 aromatic rings. The van der Waals surface area contributed by atoms with Crippen molar-refractivity contribution < 1.29 is 19.1 Å². The van der Waals surface area contributed by atoms with Crippen LogP contribution in [-0.2, 0) is 11.4 Å². The van der Waals surface area contributed by atoms with Gasteiger partial charge in [0.25, 0.3) is 11.8 Å². The van der Waals surface area contributed by atoms with E-state index in [0.29, 0.717) is 23.6 Å². The van der Waals surface area contributed by atoms with Crippen LogP contribution in [0.5, 0.6) is 11.5 Å². The predicted molar refractivity (Wildman–Crippen MR) is 114 cm³/mol. The SMILES string of the molecule is CNC(=O)C1CN(C(=O)c2ccc(COc3ccccc3)cc2)c2ccccc2O1. The van der Waals surface area contributed by atoms with Gasteiger partial charge in [-0.05, 0) is 42.0 Å². The minimum atomic E-state index is -0.757. The maximum absolute atomic E-state index is 13.2. The Hall–Kier alpha value is -3.80. The van der Waals surface area contributed by atoms with E-state index in [0.717, 1.165) is 11.3 Å². The van der Waals surface area contributed by atoms with Gasteiger partial charge in [-0.3, -0.25) is 9.59 Å². The van der Waals surface area contributed by atoms with E-state index in [2.05, 4.69) is 5.32 Å². The summed E-state index contributed by atoms with van der Waals surface area (Å²) >= 11 is 0. The Bertz CT molecular complexity index is 1030. The number of benzene rings is 3. The summed E-state index contributed by atoms with van der Waals surface area (Å²) in [5, 5.41) is 2.58. The highest BCUT2D eigenvalue weighted by Crippen LogP contribution is 2.34. The number of rotatable bonds is 5. The molecular weight excluding hydrogens is 380 g/mol. The third-order valence-electron chi connectivity index (χ3n) is 4.91. The number of fused-ring (bicyclic) bond motifs is 1. The summed E-state index contributed by atoms with van der Waals surface area (Å²) in [6.45, 7) is 0.562. The quantitative estimate of drug-likeness (QED) is 0.710. The zero-order chi connectivity index (χ0) is 20.9. The van der Waals surface area contributed by atoms with Crippen LogP contribution in [0.25, 0.3) is 0 Å². The van der Waals surface area contributed by atoms with Crippen LogP contribution in [0.3, 0.4) is 0 Å². The van der Waals surface area contributed by atoms with E-state index in [-0.39, 0.29) is 18.4 Å². The Balaban J connectivity index is 1.51. The molecule has 0 aromatic heterocycles. The third-order valence-corrected chi connectivity index (χ3v) is 4.91. The second-order valence-electron chi connectivity index (χ2n) is 6.90. The monoisotopic (exact) mass is 402 g/mol. The van der Waals surface area contributed by atoms with Gasteiger partial charge in [0.1, 0.15) is 18.1 Å². The molecule has 0 aliphatic carbocycles. The lowest BCUT2D eigenvalue weighted by molar-refractivity contribution is -0.127. The van der Waals surface area contributed by atoms with Crippen molar-refractivity contribution in [2.75, 3.05) is 18.5 Å². The number of anilines is 1. The van der Waals surface area contributed by atoms with E-state index in [1.54, 1.807) is 30.1 Å². The number of carbonyl (C=O) groups excluding carboxylic acids is 2. The minimum Gasteiger partial charge on any atom is -0.489 e. The van der Waals surface area contributed by atoms with E-state index in [4.69, 9.17) is 9.47 Å². The maximum Gasteiger partial charge on any atom is 0.262 e. The maximum atomic E-state index is 13.2. The van der Waals surface area contributed by atoms with Crippen LogP contribution >= 0.6 is 0 Å². The van der Waals surface area contributed by atoms with Gasteiger partial charge in [0.05, 0.1) is 12.2 Å². The van der Waals surface area contributed by atoms with Gasteiger partial charge >= 0.3 is 0 Å². The highest BCUT2D eigenvalue weighted by Gasteiger charge is 2.33. The molecule has 1 heterocycles. The minimum absolute atomic E-state index is 0.147. The van der Waals surface area contributed by atoms with Crippen molar-refractivity contribution in [3.05, 3.63) is 90.0 Å². The summed E-state index contributed by atoms with van der Waals surface area (Å²) in [5.74, 6) is 0.854. The second kappa shape index (κ2) is 8.69. The van der Waals surface area contributed by atoms with E-state index in [1.165, 1.54) is 0 Å². The van der Waals surface area contributed by atoms with Crippen LogP contribution in [-0.4, -0.2) is 31.5 Å². The van der Waals surface area contributed by atoms with Crippen molar-refractivity contribution >= 4 is 17.5 Å². The molecule has 152 valence electrons. The highest BCUT2D eigenvalue weighted by molar-refractivity contribution is 6.07. The number of ether oxygens (including phenoxy) is 2. The average Bonchev–Trinajstić information content (AvgIpc) is 2.82. The fourth-order valence-corrected chi connectivity index (χ4v) is 3.31. The Morgan fingerprint density at radius 1 is 1.00 bits per heavy atom. The summed E-state index contributed by atoms with van der Waals surface area (Å²) in [7, 11) is 1.55. The smallest absolute Gasteiger partial charge is 0.262 e. The molecule has 1 N–H and O–H groups in total. The van der Waals surface area contributed by atoms with Gasteiger partial charge in [0, 0.05) is 12.6 Å². The van der Waals surface area contributed by atoms with Gasteiger partial charge in [0.2, 0.25) is 0 Å². The zero-order valence-corrected chi connectivity index (χ0v) is 16.6. The number of likely N-dealkylation sites (N-methyl/N-ethyl adjacent to an activating group) is 1. The number of para-hydroxylation sites is 3.